The largest absolute Gasteiger partial charge is 0.320 e. The second kappa shape index (κ2) is 6.63. The first-order valence-electron chi connectivity index (χ1n) is 7.64. The molecule has 3 aromatic rings. The molecule has 0 atom stereocenters. The van der Waals surface area contributed by atoms with Gasteiger partial charge in [-0.2, -0.15) is 0 Å². The van der Waals surface area contributed by atoms with Gasteiger partial charge in [-0.3, -0.25) is 4.79 Å². The molecule has 0 bridgehead atoms. The normalized spacial score (nSPS) is 11.2. The SMILES string of the molecule is Cc1c(Cl)cccc1NC(=O)c1nc2ccccn2c1CN(C)C. The number of rotatable bonds is 4. The topological polar surface area (TPSA) is 49.6 Å². The molecule has 0 aliphatic carbocycles. The first-order valence-corrected chi connectivity index (χ1v) is 8.02. The molecule has 6 heteroatoms. The fraction of sp³-hybridized carbons (Fsp3) is 0.222. The Labute approximate surface area is 145 Å². The highest BCUT2D eigenvalue weighted by atomic mass is 35.5. The van der Waals surface area contributed by atoms with Crippen LogP contribution < -0.4 is 5.32 Å². The Bertz CT molecular complexity index is 901. The van der Waals surface area contributed by atoms with Crippen molar-refractivity contribution < 1.29 is 4.79 Å². The van der Waals surface area contributed by atoms with Crippen LogP contribution in [0.1, 0.15) is 21.7 Å². The van der Waals surface area contributed by atoms with Gasteiger partial charge in [-0.05, 0) is 50.8 Å². The highest BCUT2D eigenvalue weighted by Gasteiger charge is 2.20. The van der Waals surface area contributed by atoms with Crippen LogP contribution in [0.2, 0.25) is 5.02 Å². The first-order chi connectivity index (χ1) is 11.5. The van der Waals surface area contributed by atoms with Crippen LogP contribution in [0.3, 0.4) is 0 Å². The molecule has 1 aromatic carbocycles. The third kappa shape index (κ3) is 3.13. The molecule has 124 valence electrons. The van der Waals surface area contributed by atoms with Crippen molar-refractivity contribution in [2.75, 3.05) is 19.4 Å². The summed E-state index contributed by atoms with van der Waals surface area (Å²) in [6.45, 7) is 2.49. The van der Waals surface area contributed by atoms with E-state index in [9.17, 15) is 4.79 Å². The van der Waals surface area contributed by atoms with Gasteiger partial charge in [0.1, 0.15) is 5.65 Å². The molecular formula is C18H19ClN4O. The minimum atomic E-state index is -0.235. The van der Waals surface area contributed by atoms with Crippen LogP contribution in [-0.4, -0.2) is 34.3 Å². The zero-order valence-corrected chi connectivity index (χ0v) is 14.6. The molecule has 1 N–H and O–H groups in total. The third-order valence-electron chi connectivity index (χ3n) is 3.83. The molecule has 1 amide bonds. The Hall–Kier alpha value is -2.37. The first kappa shape index (κ1) is 16.5. The zero-order valence-electron chi connectivity index (χ0n) is 13.9. The number of pyridine rings is 1. The molecule has 0 unspecified atom stereocenters. The Morgan fingerprint density at radius 3 is 2.79 bits per heavy atom. The van der Waals surface area contributed by atoms with E-state index in [4.69, 9.17) is 11.6 Å². The van der Waals surface area contributed by atoms with E-state index in [1.165, 1.54) is 0 Å². The number of hydrogen-bond donors (Lipinski definition) is 1. The average molecular weight is 343 g/mol. The number of nitrogens with one attached hydrogen (secondary N) is 1. The van der Waals surface area contributed by atoms with Gasteiger partial charge in [-0.1, -0.05) is 23.7 Å². The van der Waals surface area contributed by atoms with E-state index in [1.807, 2.05) is 66.8 Å². The number of halogens is 1. The number of aromatic nitrogens is 2. The molecule has 0 aliphatic rings. The van der Waals surface area contributed by atoms with Gasteiger partial charge < -0.3 is 14.6 Å². The van der Waals surface area contributed by atoms with Crippen LogP contribution in [-0.2, 0) is 6.54 Å². The lowest BCUT2D eigenvalue weighted by Crippen LogP contribution is -2.19. The highest BCUT2D eigenvalue weighted by molar-refractivity contribution is 6.31. The van der Waals surface area contributed by atoms with Gasteiger partial charge in [0.25, 0.3) is 5.91 Å². The van der Waals surface area contributed by atoms with Crippen molar-refractivity contribution in [2.24, 2.45) is 0 Å². The number of benzene rings is 1. The fourth-order valence-corrected chi connectivity index (χ4v) is 2.78. The van der Waals surface area contributed by atoms with Gasteiger partial charge in [0.05, 0.1) is 5.69 Å². The lowest BCUT2D eigenvalue weighted by molar-refractivity contribution is 0.102. The number of amides is 1. The summed E-state index contributed by atoms with van der Waals surface area (Å²) in [6.07, 6.45) is 1.92. The summed E-state index contributed by atoms with van der Waals surface area (Å²) in [5.74, 6) is -0.235. The zero-order chi connectivity index (χ0) is 17.3. The summed E-state index contributed by atoms with van der Waals surface area (Å²) >= 11 is 6.13. The van der Waals surface area contributed by atoms with Crippen molar-refractivity contribution in [3.05, 3.63) is 64.6 Å². The van der Waals surface area contributed by atoms with E-state index < -0.39 is 0 Å². The lowest BCUT2D eigenvalue weighted by atomic mass is 10.2. The predicted molar refractivity (Wildman–Crippen MR) is 96.7 cm³/mol. The molecule has 0 fully saturated rings. The van der Waals surface area contributed by atoms with Crippen molar-refractivity contribution in [3.63, 3.8) is 0 Å². The van der Waals surface area contributed by atoms with Crippen molar-refractivity contribution in [2.45, 2.75) is 13.5 Å². The van der Waals surface area contributed by atoms with Crippen LogP contribution in [0.25, 0.3) is 5.65 Å². The van der Waals surface area contributed by atoms with Crippen molar-refractivity contribution in [3.8, 4) is 0 Å². The monoisotopic (exact) mass is 342 g/mol. The number of nitrogens with zero attached hydrogens (tertiary/aromatic N) is 3. The molecule has 3 rings (SSSR count). The minimum absolute atomic E-state index is 0.235. The average Bonchev–Trinajstić information content (AvgIpc) is 2.90. The van der Waals surface area contributed by atoms with Crippen molar-refractivity contribution in [1.29, 1.82) is 0 Å². The smallest absolute Gasteiger partial charge is 0.276 e. The minimum Gasteiger partial charge on any atom is -0.320 e. The number of carbonyl (C=O) groups is 1. The number of hydrogen-bond acceptors (Lipinski definition) is 3. The molecule has 0 spiro atoms. The molecule has 2 aromatic heterocycles. The second-order valence-corrected chi connectivity index (χ2v) is 6.35. The summed E-state index contributed by atoms with van der Waals surface area (Å²) in [6, 6.07) is 11.2. The number of fused-ring (bicyclic) bond motifs is 1. The third-order valence-corrected chi connectivity index (χ3v) is 4.24. The molecule has 0 radical (unpaired) electrons. The Morgan fingerprint density at radius 2 is 2.04 bits per heavy atom. The molecule has 0 saturated carbocycles. The number of carbonyl (C=O) groups excluding carboxylic acids is 1. The maximum absolute atomic E-state index is 12.8. The quantitative estimate of drug-likeness (QED) is 0.788. The van der Waals surface area contributed by atoms with E-state index in [2.05, 4.69) is 10.3 Å². The Balaban J connectivity index is 2.01. The molecule has 2 heterocycles. The van der Waals surface area contributed by atoms with E-state index in [1.54, 1.807) is 6.07 Å². The van der Waals surface area contributed by atoms with Crippen LogP contribution in [0.4, 0.5) is 5.69 Å². The molecule has 5 nitrogen and oxygen atoms in total. The molecular weight excluding hydrogens is 324 g/mol. The summed E-state index contributed by atoms with van der Waals surface area (Å²) in [5, 5.41) is 3.55. The van der Waals surface area contributed by atoms with Gasteiger partial charge in [-0.15, -0.1) is 0 Å². The molecule has 0 saturated heterocycles. The van der Waals surface area contributed by atoms with E-state index in [0.29, 0.717) is 22.9 Å². The fourth-order valence-electron chi connectivity index (χ4n) is 2.60. The van der Waals surface area contributed by atoms with E-state index >= 15 is 0 Å². The van der Waals surface area contributed by atoms with Gasteiger partial charge >= 0.3 is 0 Å². The summed E-state index contributed by atoms with van der Waals surface area (Å²) < 4.78 is 1.94. The molecule has 24 heavy (non-hydrogen) atoms. The Kier molecular flexibility index (Phi) is 4.55. The predicted octanol–water partition coefficient (Wildman–Crippen LogP) is 3.61. The van der Waals surface area contributed by atoms with Crippen LogP contribution >= 0.6 is 11.6 Å². The van der Waals surface area contributed by atoms with Gasteiger partial charge in [0.2, 0.25) is 0 Å². The Morgan fingerprint density at radius 1 is 1.25 bits per heavy atom. The summed E-state index contributed by atoms with van der Waals surface area (Å²) in [5.41, 5.74) is 3.56. The summed E-state index contributed by atoms with van der Waals surface area (Å²) in [4.78, 5) is 19.3. The number of imidazole rings is 1. The van der Waals surface area contributed by atoms with Crippen LogP contribution in [0.5, 0.6) is 0 Å². The van der Waals surface area contributed by atoms with Crippen LogP contribution in [0.15, 0.2) is 42.6 Å². The standard InChI is InChI=1S/C18H19ClN4O/c1-12-13(19)7-6-8-14(12)20-18(24)17-15(11-22(2)3)23-10-5-4-9-16(23)21-17/h4-10H,11H2,1-3H3,(H,20,24). The summed E-state index contributed by atoms with van der Waals surface area (Å²) in [7, 11) is 3.93. The highest BCUT2D eigenvalue weighted by Crippen LogP contribution is 2.24. The van der Waals surface area contributed by atoms with Gasteiger partial charge in [0, 0.05) is 23.5 Å². The van der Waals surface area contributed by atoms with Crippen LogP contribution in [0, 0.1) is 6.92 Å². The lowest BCUT2D eigenvalue weighted by Gasteiger charge is -2.12. The maximum atomic E-state index is 12.8. The van der Waals surface area contributed by atoms with Gasteiger partial charge in [0.15, 0.2) is 5.69 Å². The van der Waals surface area contributed by atoms with Crippen molar-refractivity contribution >= 4 is 28.8 Å². The van der Waals surface area contributed by atoms with E-state index in [0.717, 1.165) is 16.9 Å². The number of anilines is 1. The second-order valence-electron chi connectivity index (χ2n) is 5.94. The van der Waals surface area contributed by atoms with E-state index in [-0.39, 0.29) is 5.91 Å². The van der Waals surface area contributed by atoms with Gasteiger partial charge in [-0.25, -0.2) is 4.98 Å². The molecule has 0 aliphatic heterocycles. The maximum Gasteiger partial charge on any atom is 0.276 e. The van der Waals surface area contributed by atoms with Crippen molar-refractivity contribution in [1.82, 2.24) is 14.3 Å².